The van der Waals surface area contributed by atoms with Crippen LogP contribution in [0, 0.1) is 0 Å². The van der Waals surface area contributed by atoms with E-state index in [1.165, 1.54) is 6.92 Å². The Labute approximate surface area is 73.8 Å². The first kappa shape index (κ1) is 10.7. The van der Waals surface area contributed by atoms with Gasteiger partial charge in [0.15, 0.2) is 0 Å². The zero-order chi connectivity index (χ0) is 9.72. The lowest BCUT2D eigenvalue weighted by Gasteiger charge is -1.90. The second kappa shape index (κ2) is 4.56. The Kier molecular flexibility index (Phi) is 4.07. The highest BCUT2D eigenvalue weighted by Crippen LogP contribution is 2.06. The number of rotatable bonds is 3. The number of carboxylic acids is 2. The zero-order valence-electron chi connectivity index (χ0n) is 6.24. The number of hydrogen-bond donors (Lipinski definition) is 2. The summed E-state index contributed by atoms with van der Waals surface area (Å²) in [6.45, 7) is 1.32. The lowest BCUT2D eigenvalue weighted by molar-refractivity contribution is -0.133. The normalized spacial score (nSPS) is 12.8. The molecule has 2 N–H and O–H groups in total. The molecular formula is C7H7ClO4. The van der Waals surface area contributed by atoms with E-state index in [9.17, 15) is 9.59 Å². The minimum absolute atomic E-state index is 0.0162. The van der Waals surface area contributed by atoms with Crippen LogP contribution >= 0.6 is 11.6 Å². The Bertz CT molecular complexity index is 265. The van der Waals surface area contributed by atoms with Crippen LogP contribution in [0.5, 0.6) is 0 Å². The Morgan fingerprint density at radius 2 is 1.75 bits per heavy atom. The predicted molar refractivity (Wildman–Crippen MR) is 43.0 cm³/mol. The van der Waals surface area contributed by atoms with E-state index in [4.69, 9.17) is 21.8 Å². The van der Waals surface area contributed by atoms with Crippen LogP contribution in [0.3, 0.4) is 0 Å². The Morgan fingerprint density at radius 1 is 1.25 bits per heavy atom. The highest BCUT2D eigenvalue weighted by molar-refractivity contribution is 6.32. The van der Waals surface area contributed by atoms with Crippen LogP contribution in [0.4, 0.5) is 0 Å². The molecule has 0 radical (unpaired) electrons. The summed E-state index contributed by atoms with van der Waals surface area (Å²) in [5, 5.41) is 16.4. The first-order valence-corrected chi connectivity index (χ1v) is 3.33. The smallest absolute Gasteiger partial charge is 0.331 e. The number of halogens is 1. The largest absolute Gasteiger partial charge is 0.478 e. The fourth-order valence-electron chi connectivity index (χ4n) is 0.428. The van der Waals surface area contributed by atoms with Crippen LogP contribution in [0.25, 0.3) is 0 Å². The van der Waals surface area contributed by atoms with Gasteiger partial charge in [-0.25, -0.2) is 9.59 Å². The lowest BCUT2D eigenvalue weighted by Crippen LogP contribution is -1.96. The maximum Gasteiger partial charge on any atom is 0.331 e. The maximum atomic E-state index is 10.2. The van der Waals surface area contributed by atoms with E-state index in [1.54, 1.807) is 0 Å². The third-order valence-electron chi connectivity index (χ3n) is 0.953. The standard InChI is InChI=1S/C7H7ClO4/c1-4(7(11)12)2-5(8)3-6(9)10/h2-3H,1H3,(H,9,10)(H,11,12)/b4-2+,5-3-. The first-order valence-electron chi connectivity index (χ1n) is 2.95. The predicted octanol–water partition coefficient (Wildman–Crippen LogP) is 1.22. The van der Waals surface area contributed by atoms with Gasteiger partial charge in [-0.05, 0) is 13.0 Å². The van der Waals surface area contributed by atoms with E-state index >= 15 is 0 Å². The second-order valence-electron chi connectivity index (χ2n) is 2.00. The van der Waals surface area contributed by atoms with Crippen LogP contribution in [0.2, 0.25) is 0 Å². The molecule has 0 unspecified atom stereocenters. The summed E-state index contributed by atoms with van der Waals surface area (Å²) >= 11 is 5.36. The summed E-state index contributed by atoms with van der Waals surface area (Å²) in [6, 6.07) is 0. The van der Waals surface area contributed by atoms with Gasteiger partial charge >= 0.3 is 11.9 Å². The van der Waals surface area contributed by atoms with Gasteiger partial charge in [0, 0.05) is 16.7 Å². The van der Waals surface area contributed by atoms with Gasteiger partial charge in [-0.3, -0.25) is 0 Å². The molecule has 0 aromatic heterocycles. The second-order valence-corrected chi connectivity index (χ2v) is 2.44. The lowest BCUT2D eigenvalue weighted by atomic mass is 10.3. The highest BCUT2D eigenvalue weighted by Gasteiger charge is 2.00. The number of aliphatic carboxylic acids is 2. The van der Waals surface area contributed by atoms with E-state index in [0.29, 0.717) is 6.08 Å². The van der Waals surface area contributed by atoms with Crippen molar-refractivity contribution in [3.63, 3.8) is 0 Å². The molecule has 0 aliphatic rings. The molecule has 4 nitrogen and oxygen atoms in total. The summed E-state index contributed by atoms with van der Waals surface area (Å²) in [5.74, 6) is -2.35. The van der Waals surface area contributed by atoms with Gasteiger partial charge in [-0.2, -0.15) is 0 Å². The van der Waals surface area contributed by atoms with Crippen molar-refractivity contribution in [3.05, 3.63) is 22.8 Å². The van der Waals surface area contributed by atoms with Gasteiger partial charge in [0.2, 0.25) is 0 Å². The van der Waals surface area contributed by atoms with E-state index < -0.39 is 11.9 Å². The SMILES string of the molecule is C/C(=C\C(Cl)=C\C(=O)O)C(=O)O. The molecule has 5 heteroatoms. The van der Waals surface area contributed by atoms with Crippen LogP contribution in [0.15, 0.2) is 22.8 Å². The molecule has 0 aliphatic heterocycles. The third-order valence-corrected chi connectivity index (χ3v) is 1.17. The fraction of sp³-hybridized carbons (Fsp3) is 0.143. The molecule has 0 aromatic rings. The topological polar surface area (TPSA) is 74.6 Å². The van der Waals surface area contributed by atoms with Crippen molar-refractivity contribution >= 4 is 23.5 Å². The van der Waals surface area contributed by atoms with Crippen LogP contribution < -0.4 is 0 Å². The molecule has 0 heterocycles. The number of carboxylic acid groups (broad SMARTS) is 2. The molecule has 0 rings (SSSR count). The molecular weight excluding hydrogens is 184 g/mol. The minimum Gasteiger partial charge on any atom is -0.478 e. The Balaban J connectivity index is 4.54. The van der Waals surface area contributed by atoms with Gasteiger partial charge in [0.05, 0.1) is 0 Å². The number of carbonyl (C=O) groups is 2. The molecule has 0 amide bonds. The summed E-state index contributed by atoms with van der Waals surface area (Å²) in [6.07, 6.45) is 1.78. The van der Waals surface area contributed by atoms with Crippen LogP contribution in [0.1, 0.15) is 6.92 Å². The van der Waals surface area contributed by atoms with Gasteiger partial charge < -0.3 is 10.2 Å². The van der Waals surface area contributed by atoms with E-state index in [0.717, 1.165) is 6.08 Å². The van der Waals surface area contributed by atoms with Crippen molar-refractivity contribution < 1.29 is 19.8 Å². The van der Waals surface area contributed by atoms with Gasteiger partial charge in [0.1, 0.15) is 0 Å². The summed E-state index contributed by atoms with van der Waals surface area (Å²) in [7, 11) is 0. The zero-order valence-corrected chi connectivity index (χ0v) is 7.00. The van der Waals surface area contributed by atoms with Gasteiger partial charge in [-0.1, -0.05) is 11.6 Å². The van der Waals surface area contributed by atoms with Crippen molar-refractivity contribution in [1.82, 2.24) is 0 Å². The van der Waals surface area contributed by atoms with Crippen molar-refractivity contribution in [2.75, 3.05) is 0 Å². The molecule has 12 heavy (non-hydrogen) atoms. The average Bonchev–Trinajstić information content (AvgIpc) is 1.84. The quantitative estimate of drug-likeness (QED) is 0.519. The molecule has 0 fully saturated rings. The molecule has 0 saturated carbocycles. The van der Waals surface area contributed by atoms with Crippen molar-refractivity contribution in [2.24, 2.45) is 0 Å². The molecule has 0 aliphatic carbocycles. The van der Waals surface area contributed by atoms with Crippen LogP contribution in [-0.4, -0.2) is 22.2 Å². The number of allylic oxidation sites excluding steroid dienone is 2. The van der Waals surface area contributed by atoms with Crippen LogP contribution in [-0.2, 0) is 9.59 Å². The molecule has 0 spiro atoms. The van der Waals surface area contributed by atoms with Crippen molar-refractivity contribution in [3.8, 4) is 0 Å². The third kappa shape index (κ3) is 4.51. The molecule has 0 saturated heterocycles. The van der Waals surface area contributed by atoms with Crippen molar-refractivity contribution in [2.45, 2.75) is 6.92 Å². The molecule has 0 atom stereocenters. The average molecular weight is 191 g/mol. The first-order chi connectivity index (χ1) is 5.43. The Hall–Kier alpha value is -1.29. The Morgan fingerprint density at radius 3 is 2.08 bits per heavy atom. The van der Waals surface area contributed by atoms with Gasteiger partial charge in [-0.15, -0.1) is 0 Å². The molecule has 0 bridgehead atoms. The maximum absolute atomic E-state index is 10.2. The van der Waals surface area contributed by atoms with E-state index in [1.807, 2.05) is 0 Å². The molecule has 0 aromatic carbocycles. The van der Waals surface area contributed by atoms with E-state index in [-0.39, 0.29) is 10.6 Å². The fourth-order valence-corrected chi connectivity index (χ4v) is 0.685. The van der Waals surface area contributed by atoms with E-state index in [2.05, 4.69) is 0 Å². The summed E-state index contributed by atoms with van der Waals surface area (Å²) < 4.78 is 0. The summed E-state index contributed by atoms with van der Waals surface area (Å²) in [5.41, 5.74) is -0.0162. The van der Waals surface area contributed by atoms with Crippen molar-refractivity contribution in [1.29, 1.82) is 0 Å². The summed E-state index contributed by atoms with van der Waals surface area (Å²) in [4.78, 5) is 20.2. The highest BCUT2D eigenvalue weighted by atomic mass is 35.5. The minimum atomic E-state index is -1.21. The number of hydrogen-bond acceptors (Lipinski definition) is 2. The monoisotopic (exact) mass is 190 g/mol. The molecule has 66 valence electrons. The van der Waals surface area contributed by atoms with Gasteiger partial charge in [0.25, 0.3) is 0 Å².